The normalized spacial score (nSPS) is 25.9. The van der Waals surface area contributed by atoms with Crippen LogP contribution in [-0.4, -0.2) is 35.0 Å². The molecular weight excluding hydrogens is 540 g/mol. The maximum Gasteiger partial charge on any atom is 0.407 e. The van der Waals surface area contributed by atoms with Crippen LogP contribution in [0.4, 0.5) is 4.79 Å². The van der Waals surface area contributed by atoms with Gasteiger partial charge in [-0.05, 0) is 59.4 Å². The standard InChI is InChI=1S/C33H31ClN2O5/c1-33-16-26-29(31(38)36(30(26)37)18-21-7-3-2-4-8-21)27(20-41-33)28(33)15-22-9-5-11-24(13-22)19-40-32(39)35-17-23-10-6-12-25(34)14-23/h2-15,26-27,29H,16-20H2,1H3,(H,35,39)/b28-15+/t26-,27+,29-,33+/m1/s1. The summed E-state index contributed by atoms with van der Waals surface area (Å²) in [5.41, 5.74) is 4.02. The summed E-state index contributed by atoms with van der Waals surface area (Å²) < 4.78 is 11.7. The van der Waals surface area contributed by atoms with Crippen LogP contribution in [0.2, 0.25) is 5.02 Å². The third kappa shape index (κ3) is 5.52. The fourth-order valence-corrected chi connectivity index (χ4v) is 6.58. The molecule has 2 heterocycles. The summed E-state index contributed by atoms with van der Waals surface area (Å²) in [6, 6.07) is 24.7. The first-order valence-corrected chi connectivity index (χ1v) is 14.2. The maximum atomic E-state index is 13.6. The van der Waals surface area contributed by atoms with Crippen molar-refractivity contribution in [1.82, 2.24) is 10.2 Å². The minimum Gasteiger partial charge on any atom is -0.445 e. The van der Waals surface area contributed by atoms with Crippen molar-refractivity contribution in [3.63, 3.8) is 0 Å². The largest absolute Gasteiger partial charge is 0.445 e. The quantitative estimate of drug-likeness (QED) is 0.365. The van der Waals surface area contributed by atoms with Gasteiger partial charge in [0.25, 0.3) is 0 Å². The molecule has 0 spiro atoms. The van der Waals surface area contributed by atoms with E-state index in [-0.39, 0.29) is 30.3 Å². The maximum absolute atomic E-state index is 13.6. The number of nitrogens with one attached hydrogen (secondary N) is 1. The minimum absolute atomic E-state index is 0.0996. The van der Waals surface area contributed by atoms with Crippen molar-refractivity contribution in [3.05, 3.63) is 112 Å². The van der Waals surface area contributed by atoms with Crippen LogP contribution in [0.25, 0.3) is 6.08 Å². The number of benzene rings is 3. The van der Waals surface area contributed by atoms with E-state index in [1.54, 1.807) is 12.1 Å². The van der Waals surface area contributed by atoms with Gasteiger partial charge in [-0.15, -0.1) is 0 Å². The van der Waals surface area contributed by atoms with Gasteiger partial charge >= 0.3 is 6.09 Å². The lowest BCUT2D eigenvalue weighted by Gasteiger charge is -2.36. The summed E-state index contributed by atoms with van der Waals surface area (Å²) >= 11 is 6.00. The van der Waals surface area contributed by atoms with Crippen LogP contribution >= 0.6 is 11.6 Å². The Morgan fingerprint density at radius 3 is 2.56 bits per heavy atom. The second-order valence-corrected chi connectivity index (χ2v) is 11.6. The molecule has 0 radical (unpaired) electrons. The molecule has 6 rings (SSSR count). The van der Waals surface area contributed by atoms with Crippen LogP contribution in [-0.2, 0) is 38.8 Å². The van der Waals surface area contributed by atoms with Gasteiger partial charge < -0.3 is 14.8 Å². The number of hydrogen-bond donors (Lipinski definition) is 1. The van der Waals surface area contributed by atoms with E-state index in [1.165, 1.54) is 4.90 Å². The summed E-state index contributed by atoms with van der Waals surface area (Å²) in [5, 5.41) is 3.35. The number of nitrogens with zero attached hydrogens (tertiary/aromatic N) is 1. The molecule has 3 aromatic rings. The lowest BCUT2D eigenvalue weighted by molar-refractivity contribution is -0.141. The molecule has 1 N–H and O–H groups in total. The number of fused-ring (bicyclic) bond motifs is 4. The van der Waals surface area contributed by atoms with Gasteiger partial charge in [-0.25, -0.2) is 4.79 Å². The van der Waals surface area contributed by atoms with E-state index in [4.69, 9.17) is 21.1 Å². The molecule has 3 aliphatic rings. The first-order chi connectivity index (χ1) is 19.8. The van der Waals surface area contributed by atoms with Crippen LogP contribution in [0.3, 0.4) is 0 Å². The molecule has 8 heteroatoms. The second kappa shape index (κ2) is 11.1. The highest BCUT2D eigenvalue weighted by molar-refractivity contribution is 6.30. The topological polar surface area (TPSA) is 84.9 Å². The molecule has 210 valence electrons. The zero-order chi connectivity index (χ0) is 28.6. The number of imide groups is 1. The van der Waals surface area contributed by atoms with Crippen molar-refractivity contribution in [2.45, 2.75) is 38.6 Å². The van der Waals surface area contributed by atoms with E-state index in [1.807, 2.05) is 73.7 Å². The fourth-order valence-electron chi connectivity index (χ4n) is 6.37. The van der Waals surface area contributed by atoms with Gasteiger partial charge in [-0.3, -0.25) is 14.5 Å². The van der Waals surface area contributed by atoms with Gasteiger partial charge in [0.1, 0.15) is 6.61 Å². The van der Waals surface area contributed by atoms with Crippen LogP contribution < -0.4 is 5.32 Å². The van der Waals surface area contributed by atoms with E-state index in [9.17, 15) is 14.4 Å². The molecular formula is C33H31ClN2O5. The monoisotopic (exact) mass is 570 g/mol. The number of carbonyl (C=O) groups is 3. The Bertz CT molecular complexity index is 1520. The summed E-state index contributed by atoms with van der Waals surface area (Å²) in [5.74, 6) is -1.16. The third-order valence-corrected chi connectivity index (χ3v) is 8.59. The number of alkyl carbamates (subject to hydrolysis) is 1. The highest BCUT2D eigenvalue weighted by atomic mass is 35.5. The Morgan fingerprint density at radius 1 is 1.00 bits per heavy atom. The predicted octanol–water partition coefficient (Wildman–Crippen LogP) is 5.76. The average Bonchev–Trinajstić information content (AvgIpc) is 3.32. The van der Waals surface area contributed by atoms with Crippen molar-refractivity contribution in [1.29, 1.82) is 0 Å². The molecule has 2 saturated heterocycles. The molecule has 2 aliphatic heterocycles. The zero-order valence-electron chi connectivity index (χ0n) is 22.7. The molecule has 41 heavy (non-hydrogen) atoms. The van der Waals surface area contributed by atoms with Crippen molar-refractivity contribution >= 4 is 35.6 Å². The number of carbonyl (C=O) groups excluding carboxylic acids is 3. The Hall–Kier alpha value is -3.94. The molecule has 1 aliphatic carbocycles. The van der Waals surface area contributed by atoms with Crippen molar-refractivity contribution < 1.29 is 23.9 Å². The first kappa shape index (κ1) is 27.2. The van der Waals surface area contributed by atoms with Gasteiger partial charge in [-0.1, -0.05) is 78.3 Å². The third-order valence-electron chi connectivity index (χ3n) is 8.35. The van der Waals surface area contributed by atoms with Crippen LogP contribution in [0, 0.1) is 17.8 Å². The van der Waals surface area contributed by atoms with Crippen molar-refractivity contribution in [2.24, 2.45) is 17.8 Å². The second-order valence-electron chi connectivity index (χ2n) is 11.1. The van der Waals surface area contributed by atoms with E-state index in [0.717, 1.165) is 27.8 Å². The van der Waals surface area contributed by atoms with Gasteiger partial charge in [0.05, 0.1) is 30.6 Å². The van der Waals surface area contributed by atoms with E-state index < -0.39 is 17.6 Å². The summed E-state index contributed by atoms with van der Waals surface area (Å²) in [4.78, 5) is 40.6. The molecule has 1 saturated carbocycles. The van der Waals surface area contributed by atoms with Gasteiger partial charge in [0.2, 0.25) is 11.8 Å². The Balaban J connectivity index is 1.14. The minimum atomic E-state index is -0.614. The van der Waals surface area contributed by atoms with Gasteiger partial charge in [-0.2, -0.15) is 0 Å². The Labute approximate surface area is 244 Å². The SMILES string of the molecule is C[C@@]12C[C@H]3C(=O)N(Cc4ccccc4)C(=O)[C@H]3[C@@H](CO1)/C2=C\c1cccc(COC(=O)NCc2cccc(Cl)c2)c1. The van der Waals surface area contributed by atoms with Crippen LogP contribution in [0.1, 0.15) is 35.6 Å². The average molecular weight is 571 g/mol. The molecule has 3 aromatic carbocycles. The highest BCUT2D eigenvalue weighted by Gasteiger charge is 2.62. The molecule has 4 atom stereocenters. The van der Waals surface area contributed by atoms with Gasteiger partial charge in [0.15, 0.2) is 0 Å². The van der Waals surface area contributed by atoms with E-state index in [0.29, 0.717) is 31.1 Å². The predicted molar refractivity (Wildman–Crippen MR) is 154 cm³/mol. The molecule has 0 unspecified atom stereocenters. The first-order valence-electron chi connectivity index (χ1n) is 13.8. The lowest BCUT2D eigenvalue weighted by atomic mass is 9.66. The van der Waals surface area contributed by atoms with E-state index >= 15 is 0 Å². The lowest BCUT2D eigenvalue weighted by Crippen LogP contribution is -2.40. The molecule has 0 aromatic heterocycles. The highest BCUT2D eigenvalue weighted by Crippen LogP contribution is 2.55. The molecule has 3 fully saturated rings. The Kier molecular flexibility index (Phi) is 7.41. The number of amides is 3. The number of likely N-dealkylation sites (tertiary alicyclic amines) is 1. The number of ether oxygens (including phenoxy) is 2. The number of hydrogen-bond acceptors (Lipinski definition) is 5. The van der Waals surface area contributed by atoms with Crippen molar-refractivity contribution in [3.8, 4) is 0 Å². The zero-order valence-corrected chi connectivity index (χ0v) is 23.5. The fraction of sp³-hybridized carbons (Fsp3) is 0.303. The van der Waals surface area contributed by atoms with E-state index in [2.05, 4.69) is 11.4 Å². The van der Waals surface area contributed by atoms with Gasteiger partial charge in [0, 0.05) is 17.5 Å². The summed E-state index contributed by atoms with van der Waals surface area (Å²) in [6.45, 7) is 3.16. The van der Waals surface area contributed by atoms with Crippen molar-refractivity contribution in [2.75, 3.05) is 6.61 Å². The summed E-state index contributed by atoms with van der Waals surface area (Å²) in [6.07, 6.45) is 2.04. The summed E-state index contributed by atoms with van der Waals surface area (Å²) in [7, 11) is 0. The molecule has 2 bridgehead atoms. The number of halogens is 1. The van der Waals surface area contributed by atoms with Crippen LogP contribution in [0.5, 0.6) is 0 Å². The molecule has 7 nitrogen and oxygen atoms in total. The van der Waals surface area contributed by atoms with Crippen LogP contribution in [0.15, 0.2) is 84.4 Å². The molecule has 3 amide bonds. The Morgan fingerprint density at radius 2 is 1.76 bits per heavy atom. The smallest absolute Gasteiger partial charge is 0.407 e. The number of rotatable bonds is 7.